The third-order valence-electron chi connectivity index (χ3n) is 8.86. The molecule has 0 aromatic rings. The number of hydrogen-bond donors (Lipinski definition) is 0. The molecule has 0 N–H and O–H groups in total. The summed E-state index contributed by atoms with van der Waals surface area (Å²) in [4.78, 5) is 0. The van der Waals surface area contributed by atoms with Crippen LogP contribution in [-0.2, 0) is 0 Å². The van der Waals surface area contributed by atoms with E-state index < -0.39 is 0 Å². The summed E-state index contributed by atoms with van der Waals surface area (Å²) < 4.78 is 0. The van der Waals surface area contributed by atoms with E-state index in [4.69, 9.17) is 0 Å². The van der Waals surface area contributed by atoms with Gasteiger partial charge in [-0.2, -0.15) is 0 Å². The molecular formula is C25H52. The van der Waals surface area contributed by atoms with Gasteiger partial charge in [-0.1, -0.05) is 121 Å². The van der Waals surface area contributed by atoms with Crippen LogP contribution in [0.25, 0.3) is 0 Å². The van der Waals surface area contributed by atoms with Crippen molar-refractivity contribution >= 4 is 0 Å². The summed E-state index contributed by atoms with van der Waals surface area (Å²) in [6, 6.07) is 0. The van der Waals surface area contributed by atoms with E-state index in [1.807, 2.05) is 0 Å². The molecule has 0 aliphatic rings. The van der Waals surface area contributed by atoms with Crippen LogP contribution in [0.15, 0.2) is 0 Å². The molecule has 0 bridgehead atoms. The molecule has 3 atom stereocenters. The summed E-state index contributed by atoms with van der Waals surface area (Å²) in [6.07, 6.45) is 13.6. The first kappa shape index (κ1) is 25.0. The van der Waals surface area contributed by atoms with E-state index in [1.165, 1.54) is 64.2 Å². The van der Waals surface area contributed by atoms with Crippen LogP contribution < -0.4 is 0 Å². The van der Waals surface area contributed by atoms with Crippen LogP contribution in [0.1, 0.15) is 133 Å². The Kier molecular flexibility index (Phi) is 11.0. The average molecular weight is 353 g/mol. The summed E-state index contributed by atoms with van der Waals surface area (Å²) in [5, 5.41) is 0. The maximum absolute atomic E-state index is 2.59. The Morgan fingerprint density at radius 3 is 1.40 bits per heavy atom. The third-order valence-corrected chi connectivity index (χ3v) is 8.86. The van der Waals surface area contributed by atoms with E-state index in [1.54, 1.807) is 0 Å². The van der Waals surface area contributed by atoms with Crippen LogP contribution in [-0.4, -0.2) is 0 Å². The largest absolute Gasteiger partial charge is 0.0654 e. The molecule has 0 heterocycles. The summed E-state index contributed by atoms with van der Waals surface area (Å²) in [6.45, 7) is 24.6. The van der Waals surface area contributed by atoms with Crippen LogP contribution in [0.4, 0.5) is 0 Å². The maximum Gasteiger partial charge on any atom is -0.0295 e. The van der Waals surface area contributed by atoms with Gasteiger partial charge in [0.2, 0.25) is 0 Å². The van der Waals surface area contributed by atoms with Crippen LogP contribution in [0, 0.1) is 28.1 Å². The second-order valence-corrected chi connectivity index (χ2v) is 9.86. The van der Waals surface area contributed by atoms with Crippen molar-refractivity contribution in [3.8, 4) is 0 Å². The molecule has 0 aromatic heterocycles. The Morgan fingerprint density at radius 2 is 1.04 bits per heavy atom. The Balaban J connectivity index is 5.21. The highest BCUT2D eigenvalue weighted by molar-refractivity contribution is 4.92. The van der Waals surface area contributed by atoms with E-state index in [2.05, 4.69) is 69.2 Å². The van der Waals surface area contributed by atoms with Gasteiger partial charge in [0, 0.05) is 0 Å². The summed E-state index contributed by atoms with van der Waals surface area (Å²) in [5.41, 5.74) is 1.55. The topological polar surface area (TPSA) is 0 Å². The van der Waals surface area contributed by atoms with Crippen molar-refractivity contribution < 1.29 is 0 Å². The molecule has 0 saturated heterocycles. The lowest BCUT2D eigenvalue weighted by atomic mass is 9.57. The molecule has 3 unspecified atom stereocenters. The Labute approximate surface area is 161 Å². The Hall–Kier alpha value is 0. The fourth-order valence-electron chi connectivity index (χ4n) is 5.37. The van der Waals surface area contributed by atoms with E-state index >= 15 is 0 Å². The van der Waals surface area contributed by atoms with Gasteiger partial charge in [0.15, 0.2) is 0 Å². The summed E-state index contributed by atoms with van der Waals surface area (Å²) in [7, 11) is 0. The minimum absolute atomic E-state index is 0.502. The zero-order valence-electron chi connectivity index (χ0n) is 19.7. The van der Waals surface area contributed by atoms with E-state index in [9.17, 15) is 0 Å². The van der Waals surface area contributed by atoms with Gasteiger partial charge in [-0.3, -0.25) is 0 Å². The molecule has 0 fully saturated rings. The zero-order valence-corrected chi connectivity index (χ0v) is 19.7. The minimum atomic E-state index is 0.502. The second-order valence-electron chi connectivity index (χ2n) is 9.86. The Morgan fingerprint density at radius 1 is 0.600 bits per heavy atom. The molecule has 0 aliphatic carbocycles. The quantitative estimate of drug-likeness (QED) is 0.292. The van der Waals surface area contributed by atoms with Gasteiger partial charge in [0.25, 0.3) is 0 Å². The predicted molar refractivity (Wildman–Crippen MR) is 117 cm³/mol. The molecule has 0 amide bonds. The standard InChI is InChI=1S/C25H52/c1-11-20-25(10,16-6)22(24(9,14-4)15-5)19-17-18-21(7)23(8,12-2)13-3/h21-22H,11-20H2,1-10H3. The maximum atomic E-state index is 2.59. The molecule has 0 rings (SSSR count). The normalized spacial score (nSPS) is 18.0. The van der Waals surface area contributed by atoms with Crippen LogP contribution in [0.3, 0.4) is 0 Å². The van der Waals surface area contributed by atoms with Crippen molar-refractivity contribution in [2.24, 2.45) is 28.1 Å². The smallest absolute Gasteiger partial charge is 0.0295 e. The summed E-state index contributed by atoms with van der Waals surface area (Å²) in [5.74, 6) is 1.71. The molecule has 0 radical (unpaired) electrons. The molecule has 0 spiro atoms. The number of rotatable bonds is 14. The van der Waals surface area contributed by atoms with Crippen molar-refractivity contribution in [3.63, 3.8) is 0 Å². The van der Waals surface area contributed by atoms with Crippen molar-refractivity contribution in [3.05, 3.63) is 0 Å². The monoisotopic (exact) mass is 352 g/mol. The Bertz CT molecular complexity index is 334. The number of hydrogen-bond acceptors (Lipinski definition) is 0. The van der Waals surface area contributed by atoms with E-state index in [0.29, 0.717) is 16.2 Å². The predicted octanol–water partition coefficient (Wildman–Crippen LogP) is 9.28. The van der Waals surface area contributed by atoms with Gasteiger partial charge in [-0.15, -0.1) is 0 Å². The molecular weight excluding hydrogens is 300 g/mol. The van der Waals surface area contributed by atoms with Gasteiger partial charge < -0.3 is 0 Å². The fourth-order valence-corrected chi connectivity index (χ4v) is 5.37. The van der Waals surface area contributed by atoms with Gasteiger partial charge >= 0.3 is 0 Å². The zero-order chi connectivity index (χ0) is 19.7. The molecule has 152 valence electrons. The lowest BCUT2D eigenvalue weighted by Crippen LogP contribution is -2.39. The van der Waals surface area contributed by atoms with Crippen molar-refractivity contribution in [1.29, 1.82) is 0 Å². The molecule has 0 aromatic carbocycles. The lowest BCUT2D eigenvalue weighted by molar-refractivity contribution is 0.0156. The molecule has 0 aliphatic heterocycles. The molecule has 0 nitrogen and oxygen atoms in total. The van der Waals surface area contributed by atoms with Crippen molar-refractivity contribution in [2.75, 3.05) is 0 Å². The van der Waals surface area contributed by atoms with Gasteiger partial charge in [-0.25, -0.2) is 0 Å². The van der Waals surface area contributed by atoms with E-state index in [0.717, 1.165) is 11.8 Å². The highest BCUT2D eigenvalue weighted by Gasteiger charge is 2.42. The van der Waals surface area contributed by atoms with Gasteiger partial charge in [-0.05, 0) is 40.9 Å². The first-order valence-electron chi connectivity index (χ1n) is 11.6. The van der Waals surface area contributed by atoms with Gasteiger partial charge in [0.1, 0.15) is 0 Å². The van der Waals surface area contributed by atoms with Crippen LogP contribution in [0.2, 0.25) is 0 Å². The first-order valence-corrected chi connectivity index (χ1v) is 11.6. The fraction of sp³-hybridized carbons (Fsp3) is 1.00. The molecule has 0 heteroatoms. The van der Waals surface area contributed by atoms with Crippen LogP contribution >= 0.6 is 0 Å². The third kappa shape index (κ3) is 6.28. The molecule has 0 saturated carbocycles. The lowest BCUT2D eigenvalue weighted by Gasteiger charge is -2.48. The van der Waals surface area contributed by atoms with Crippen molar-refractivity contribution in [1.82, 2.24) is 0 Å². The SMILES string of the molecule is CCCC(C)(CC)C(CCCC(C)C(C)(CC)CC)C(C)(CC)CC. The second kappa shape index (κ2) is 11.0. The van der Waals surface area contributed by atoms with Crippen molar-refractivity contribution in [2.45, 2.75) is 133 Å². The first-order chi connectivity index (χ1) is 11.6. The highest BCUT2D eigenvalue weighted by Crippen LogP contribution is 2.52. The minimum Gasteiger partial charge on any atom is -0.0654 e. The average Bonchev–Trinajstić information content (AvgIpc) is 2.63. The summed E-state index contributed by atoms with van der Waals surface area (Å²) >= 11 is 0. The van der Waals surface area contributed by atoms with Crippen LogP contribution in [0.5, 0.6) is 0 Å². The molecule has 25 heavy (non-hydrogen) atoms. The van der Waals surface area contributed by atoms with Gasteiger partial charge in [0.05, 0.1) is 0 Å². The van der Waals surface area contributed by atoms with E-state index in [-0.39, 0.29) is 0 Å². The highest BCUT2D eigenvalue weighted by atomic mass is 14.5.